The van der Waals surface area contributed by atoms with Crippen LogP contribution in [0.15, 0.2) is 24.3 Å². The minimum absolute atomic E-state index is 0.684. The first-order valence-electron chi connectivity index (χ1n) is 8.35. The number of hydrogen-bond acceptors (Lipinski definition) is 3. The molecule has 21 heavy (non-hydrogen) atoms. The molecule has 0 spiro atoms. The molecule has 0 saturated carbocycles. The van der Waals surface area contributed by atoms with E-state index >= 15 is 0 Å². The minimum atomic E-state index is 0.684. The van der Waals surface area contributed by atoms with Gasteiger partial charge in [-0.25, -0.2) is 0 Å². The molecule has 1 aliphatic heterocycles. The van der Waals surface area contributed by atoms with Crippen molar-refractivity contribution in [2.24, 2.45) is 0 Å². The van der Waals surface area contributed by atoms with Gasteiger partial charge >= 0.3 is 0 Å². The lowest BCUT2D eigenvalue weighted by Gasteiger charge is -2.23. The number of rotatable bonds is 9. The predicted molar refractivity (Wildman–Crippen MR) is 87.0 cm³/mol. The van der Waals surface area contributed by atoms with Gasteiger partial charge in [0.25, 0.3) is 0 Å². The van der Waals surface area contributed by atoms with E-state index in [1.54, 1.807) is 0 Å². The SMILES string of the molecule is Cc1cccc(OCCCCOCCC2CCCCN2)c1. The van der Waals surface area contributed by atoms with Crippen LogP contribution in [0.2, 0.25) is 0 Å². The van der Waals surface area contributed by atoms with E-state index in [0.717, 1.165) is 44.8 Å². The summed E-state index contributed by atoms with van der Waals surface area (Å²) < 4.78 is 11.4. The molecule has 1 unspecified atom stereocenters. The average molecular weight is 291 g/mol. The smallest absolute Gasteiger partial charge is 0.119 e. The molecule has 3 nitrogen and oxygen atoms in total. The van der Waals surface area contributed by atoms with E-state index in [1.165, 1.54) is 31.4 Å². The van der Waals surface area contributed by atoms with Crippen LogP contribution in [0.5, 0.6) is 5.75 Å². The average Bonchev–Trinajstić information content (AvgIpc) is 2.51. The fourth-order valence-electron chi connectivity index (χ4n) is 2.70. The Morgan fingerprint density at radius 1 is 1.14 bits per heavy atom. The van der Waals surface area contributed by atoms with E-state index < -0.39 is 0 Å². The van der Waals surface area contributed by atoms with Crippen molar-refractivity contribution in [3.05, 3.63) is 29.8 Å². The third kappa shape index (κ3) is 6.96. The molecule has 1 fully saturated rings. The van der Waals surface area contributed by atoms with Crippen molar-refractivity contribution in [2.45, 2.75) is 51.5 Å². The molecule has 0 radical (unpaired) electrons. The molecule has 0 aliphatic carbocycles. The van der Waals surface area contributed by atoms with E-state index in [1.807, 2.05) is 12.1 Å². The topological polar surface area (TPSA) is 30.5 Å². The van der Waals surface area contributed by atoms with Crippen molar-refractivity contribution in [3.63, 3.8) is 0 Å². The maximum atomic E-state index is 5.72. The molecule has 0 bridgehead atoms. The largest absolute Gasteiger partial charge is 0.494 e. The molecule has 2 rings (SSSR count). The van der Waals surface area contributed by atoms with Gasteiger partial charge in [0.1, 0.15) is 5.75 Å². The zero-order valence-corrected chi connectivity index (χ0v) is 13.3. The molecular weight excluding hydrogens is 262 g/mol. The van der Waals surface area contributed by atoms with Crippen molar-refractivity contribution in [1.29, 1.82) is 0 Å². The van der Waals surface area contributed by atoms with Crippen molar-refractivity contribution in [1.82, 2.24) is 5.32 Å². The van der Waals surface area contributed by atoms with E-state index in [4.69, 9.17) is 9.47 Å². The second-order valence-corrected chi connectivity index (χ2v) is 5.92. The minimum Gasteiger partial charge on any atom is -0.494 e. The van der Waals surface area contributed by atoms with Gasteiger partial charge in [0, 0.05) is 19.3 Å². The maximum Gasteiger partial charge on any atom is 0.119 e. The summed E-state index contributed by atoms with van der Waals surface area (Å²) in [6, 6.07) is 8.90. The number of hydrogen-bond donors (Lipinski definition) is 1. The highest BCUT2D eigenvalue weighted by Gasteiger charge is 2.11. The molecule has 1 N–H and O–H groups in total. The standard InChI is InChI=1S/C18H29NO2/c1-16-7-6-9-18(15-16)21-13-5-4-12-20-14-10-17-8-2-3-11-19-17/h6-7,9,15,17,19H,2-5,8,10-14H2,1H3. The van der Waals surface area contributed by atoms with Gasteiger partial charge in [0.05, 0.1) is 6.61 Å². The van der Waals surface area contributed by atoms with Gasteiger partial charge in [0.2, 0.25) is 0 Å². The van der Waals surface area contributed by atoms with Gasteiger partial charge in [-0.2, -0.15) is 0 Å². The molecule has 1 aromatic carbocycles. The Hall–Kier alpha value is -1.06. The first kappa shape index (κ1) is 16.3. The van der Waals surface area contributed by atoms with E-state index in [9.17, 15) is 0 Å². The molecule has 1 atom stereocenters. The molecule has 0 amide bonds. The molecule has 118 valence electrons. The fourth-order valence-corrected chi connectivity index (χ4v) is 2.70. The maximum absolute atomic E-state index is 5.72. The van der Waals surface area contributed by atoms with Gasteiger partial charge < -0.3 is 14.8 Å². The first-order chi connectivity index (χ1) is 10.3. The predicted octanol–water partition coefficient (Wildman–Crippen LogP) is 3.70. The summed E-state index contributed by atoms with van der Waals surface area (Å²) in [5.74, 6) is 0.972. The molecule has 0 aromatic heterocycles. The van der Waals surface area contributed by atoms with Crippen molar-refractivity contribution in [3.8, 4) is 5.75 Å². The summed E-state index contributed by atoms with van der Waals surface area (Å²) in [5.41, 5.74) is 1.24. The molecule has 3 heteroatoms. The van der Waals surface area contributed by atoms with Crippen LogP contribution in [-0.4, -0.2) is 32.4 Å². The van der Waals surface area contributed by atoms with Crippen LogP contribution in [0.3, 0.4) is 0 Å². The molecule has 1 aromatic rings. The van der Waals surface area contributed by atoms with Crippen LogP contribution in [0.25, 0.3) is 0 Å². The van der Waals surface area contributed by atoms with Gasteiger partial charge in [-0.1, -0.05) is 18.6 Å². The number of unbranched alkanes of at least 4 members (excludes halogenated alkanes) is 1. The molecule has 1 saturated heterocycles. The van der Waals surface area contributed by atoms with Crippen LogP contribution in [-0.2, 0) is 4.74 Å². The monoisotopic (exact) mass is 291 g/mol. The van der Waals surface area contributed by atoms with Crippen molar-refractivity contribution < 1.29 is 9.47 Å². The van der Waals surface area contributed by atoms with Crippen LogP contribution < -0.4 is 10.1 Å². The highest BCUT2D eigenvalue weighted by atomic mass is 16.5. The van der Waals surface area contributed by atoms with Gasteiger partial charge in [-0.15, -0.1) is 0 Å². The summed E-state index contributed by atoms with van der Waals surface area (Å²) in [5, 5.41) is 3.55. The number of aryl methyl sites for hydroxylation is 1. The number of benzene rings is 1. The highest BCUT2D eigenvalue weighted by Crippen LogP contribution is 2.13. The van der Waals surface area contributed by atoms with E-state index in [0.29, 0.717) is 6.04 Å². The van der Waals surface area contributed by atoms with Gasteiger partial charge in [-0.3, -0.25) is 0 Å². The summed E-state index contributed by atoms with van der Waals surface area (Å²) in [7, 11) is 0. The van der Waals surface area contributed by atoms with E-state index in [2.05, 4.69) is 24.4 Å². The summed E-state index contributed by atoms with van der Waals surface area (Å²) in [4.78, 5) is 0. The second kappa shape index (κ2) is 9.80. The lowest BCUT2D eigenvalue weighted by Crippen LogP contribution is -2.34. The second-order valence-electron chi connectivity index (χ2n) is 5.92. The Labute approximate surface area is 129 Å². The fraction of sp³-hybridized carbons (Fsp3) is 0.667. The number of piperidine rings is 1. The van der Waals surface area contributed by atoms with Crippen molar-refractivity contribution in [2.75, 3.05) is 26.4 Å². The highest BCUT2D eigenvalue weighted by molar-refractivity contribution is 5.27. The number of nitrogens with one attached hydrogen (secondary N) is 1. The Morgan fingerprint density at radius 3 is 2.86 bits per heavy atom. The van der Waals surface area contributed by atoms with Gasteiger partial charge in [0.15, 0.2) is 0 Å². The van der Waals surface area contributed by atoms with Gasteiger partial charge in [-0.05, 0) is 63.3 Å². The third-order valence-electron chi connectivity index (χ3n) is 3.96. The zero-order chi connectivity index (χ0) is 14.8. The molecule has 1 aliphatic rings. The molecule has 1 heterocycles. The zero-order valence-electron chi connectivity index (χ0n) is 13.3. The summed E-state index contributed by atoms with van der Waals surface area (Å²) in [6.45, 7) is 5.78. The number of ether oxygens (including phenoxy) is 2. The Kier molecular flexibility index (Phi) is 7.61. The summed E-state index contributed by atoms with van der Waals surface area (Å²) >= 11 is 0. The summed E-state index contributed by atoms with van der Waals surface area (Å²) in [6.07, 6.45) is 7.29. The van der Waals surface area contributed by atoms with E-state index in [-0.39, 0.29) is 0 Å². The van der Waals surface area contributed by atoms with Crippen molar-refractivity contribution >= 4 is 0 Å². The van der Waals surface area contributed by atoms with Crippen LogP contribution in [0.4, 0.5) is 0 Å². The van der Waals surface area contributed by atoms with Crippen LogP contribution in [0.1, 0.15) is 44.1 Å². The molecular formula is C18H29NO2. The Balaban J connectivity index is 1.41. The Morgan fingerprint density at radius 2 is 2.05 bits per heavy atom. The van der Waals surface area contributed by atoms with Crippen LogP contribution in [0, 0.1) is 6.92 Å². The normalized spacial score (nSPS) is 18.6. The quantitative estimate of drug-likeness (QED) is 0.704. The lowest BCUT2D eigenvalue weighted by atomic mass is 10.0. The lowest BCUT2D eigenvalue weighted by molar-refractivity contribution is 0.114. The Bertz CT molecular complexity index is 389. The first-order valence-corrected chi connectivity index (χ1v) is 8.35. The van der Waals surface area contributed by atoms with Crippen LogP contribution >= 0.6 is 0 Å². The third-order valence-corrected chi connectivity index (χ3v) is 3.96.